The molecule has 3 aliphatic rings. The summed E-state index contributed by atoms with van der Waals surface area (Å²) in [6, 6.07) is 18.6. The number of nitrogens with zero attached hydrogens (tertiary/aromatic N) is 3. The van der Waals surface area contributed by atoms with Crippen LogP contribution in [0.15, 0.2) is 66.9 Å². The fourth-order valence-electron chi connectivity index (χ4n) is 7.22. The molecule has 1 unspecified atom stereocenters. The number of hydrogen-bond acceptors (Lipinski definition) is 9. The van der Waals surface area contributed by atoms with Crippen molar-refractivity contribution in [2.75, 3.05) is 61.7 Å². The second-order valence-corrected chi connectivity index (χ2v) is 14.1. The fourth-order valence-corrected chi connectivity index (χ4v) is 8.36. The normalized spacial score (nSPS) is 17.8. The van der Waals surface area contributed by atoms with E-state index >= 15 is 0 Å². The molecule has 5 heterocycles. The van der Waals surface area contributed by atoms with E-state index in [0.717, 1.165) is 53.2 Å². The van der Waals surface area contributed by atoms with Gasteiger partial charge in [0.25, 0.3) is 11.8 Å². The van der Waals surface area contributed by atoms with Gasteiger partial charge in [0.05, 0.1) is 30.6 Å². The molecule has 1 N–H and O–H groups in total. The van der Waals surface area contributed by atoms with Crippen LogP contribution in [0.5, 0.6) is 0 Å². The van der Waals surface area contributed by atoms with E-state index in [0.29, 0.717) is 60.3 Å². The molecule has 11 heteroatoms. The highest BCUT2D eigenvalue weighted by Crippen LogP contribution is 2.45. The largest absolute Gasteiger partial charge is 0.462 e. The Bertz CT molecular complexity index is 1880. The number of aryl methyl sites for hydroxylation is 1. The maximum absolute atomic E-state index is 13.9. The third-order valence-electron chi connectivity index (χ3n) is 9.56. The third kappa shape index (κ3) is 6.58. The molecule has 3 aliphatic heterocycles. The number of benzene rings is 2. The summed E-state index contributed by atoms with van der Waals surface area (Å²) in [6.45, 7) is 7.45. The summed E-state index contributed by atoms with van der Waals surface area (Å²) in [5.74, 6) is -0.0273. The average Bonchev–Trinajstić information content (AvgIpc) is 3.46. The number of rotatable bonds is 8. The molecule has 2 aromatic carbocycles. The first kappa shape index (κ1) is 32.9. The number of para-hydroxylation sites is 1. The molecule has 254 valence electrons. The Hall–Kier alpha value is -4.58. The molecule has 2 saturated heterocycles. The summed E-state index contributed by atoms with van der Waals surface area (Å²) in [6.07, 6.45) is 4.42. The van der Waals surface area contributed by atoms with E-state index in [1.807, 2.05) is 43.3 Å². The highest BCUT2D eigenvalue weighted by atomic mass is 32.1. The number of fused-ring (bicyclic) bond motifs is 3. The molecular formula is C38H40N4O6S. The maximum Gasteiger partial charge on any atom is 0.348 e. The Morgan fingerprint density at radius 2 is 1.90 bits per heavy atom. The molecule has 49 heavy (non-hydrogen) atoms. The number of carbonyl (C=O) groups excluding carboxylic acids is 3. The number of nitrogens with one attached hydrogen (secondary N) is 1. The molecule has 10 nitrogen and oxygen atoms in total. The monoisotopic (exact) mass is 680 g/mol. The van der Waals surface area contributed by atoms with E-state index in [9.17, 15) is 14.4 Å². The van der Waals surface area contributed by atoms with Gasteiger partial charge in [-0.2, -0.15) is 0 Å². The van der Waals surface area contributed by atoms with Gasteiger partial charge >= 0.3 is 5.97 Å². The van der Waals surface area contributed by atoms with Crippen molar-refractivity contribution in [3.8, 4) is 10.4 Å². The van der Waals surface area contributed by atoms with E-state index < -0.39 is 0 Å². The third-order valence-corrected chi connectivity index (χ3v) is 10.8. The molecule has 0 aliphatic carbocycles. The predicted octanol–water partition coefficient (Wildman–Crippen LogP) is 6.38. The van der Waals surface area contributed by atoms with Gasteiger partial charge in [-0.3, -0.25) is 9.59 Å². The quantitative estimate of drug-likeness (QED) is 0.214. The minimum atomic E-state index is -0.326. The zero-order valence-corrected chi connectivity index (χ0v) is 28.8. The summed E-state index contributed by atoms with van der Waals surface area (Å²) in [4.78, 5) is 50.2. The molecule has 2 aromatic heterocycles. The lowest BCUT2D eigenvalue weighted by Gasteiger charge is -2.54. The maximum atomic E-state index is 13.9. The summed E-state index contributed by atoms with van der Waals surface area (Å²) in [5.41, 5.74) is 5.41. The van der Waals surface area contributed by atoms with Crippen LogP contribution in [0.1, 0.15) is 61.3 Å². The first-order valence-corrected chi connectivity index (χ1v) is 17.5. The summed E-state index contributed by atoms with van der Waals surface area (Å²) < 4.78 is 16.4. The molecular weight excluding hydrogens is 641 g/mol. The van der Waals surface area contributed by atoms with Crippen LogP contribution >= 0.6 is 11.3 Å². The zero-order chi connectivity index (χ0) is 34.1. The van der Waals surface area contributed by atoms with Gasteiger partial charge in [-0.15, -0.1) is 11.3 Å². The highest BCUT2D eigenvalue weighted by molar-refractivity contribution is 7.17. The van der Waals surface area contributed by atoms with Gasteiger partial charge in [-0.25, -0.2) is 9.78 Å². The molecule has 2 amide bonds. The van der Waals surface area contributed by atoms with Crippen LogP contribution in [0, 0.1) is 12.3 Å². The number of pyridine rings is 1. The molecule has 0 bridgehead atoms. The molecule has 1 atom stereocenters. The van der Waals surface area contributed by atoms with Gasteiger partial charge in [-0.1, -0.05) is 18.2 Å². The Morgan fingerprint density at radius 3 is 2.67 bits per heavy atom. The van der Waals surface area contributed by atoms with Crippen molar-refractivity contribution in [3.05, 3.63) is 94.0 Å². The second-order valence-electron chi connectivity index (χ2n) is 13.1. The summed E-state index contributed by atoms with van der Waals surface area (Å²) in [5, 5.41) is 3.02. The lowest BCUT2D eigenvalue weighted by Crippen LogP contribution is -2.60. The summed E-state index contributed by atoms with van der Waals surface area (Å²) in [7, 11) is 1.70. The lowest BCUT2D eigenvalue weighted by atomic mass is 9.71. The Balaban J connectivity index is 1.05. The standard InChI is InChI=1S/C38H40N4O6S/c1-4-47-37(45)32-18-26-13-15-42(31-8-6-5-7-29(31)33(26)49-32)36(44)25-9-11-27(12-10-25)40-35(43)30-17-24(2)20-39-34(30)41-22-38(23-41)14-16-48-28(19-38)21-46-3/h5-12,17-18,20,28H,4,13-16,19,21-23H2,1-3H3,(H,40,43). The second kappa shape index (κ2) is 13.7. The number of hydrogen-bond donors (Lipinski definition) is 1. The van der Waals surface area contributed by atoms with E-state index in [2.05, 4.69) is 15.2 Å². The van der Waals surface area contributed by atoms with Crippen molar-refractivity contribution in [2.45, 2.75) is 39.2 Å². The van der Waals surface area contributed by atoms with Crippen molar-refractivity contribution in [1.82, 2.24) is 4.98 Å². The first-order valence-electron chi connectivity index (χ1n) is 16.7. The van der Waals surface area contributed by atoms with Gasteiger partial charge in [0, 0.05) is 66.7 Å². The summed E-state index contributed by atoms with van der Waals surface area (Å²) >= 11 is 1.40. The van der Waals surface area contributed by atoms with Gasteiger partial charge in [-0.05, 0) is 86.7 Å². The van der Waals surface area contributed by atoms with Crippen molar-refractivity contribution in [2.24, 2.45) is 5.41 Å². The van der Waals surface area contributed by atoms with E-state index in [-0.39, 0.29) is 29.3 Å². The van der Waals surface area contributed by atoms with Crippen LogP contribution in [-0.4, -0.2) is 75.4 Å². The number of esters is 1. The van der Waals surface area contributed by atoms with Crippen LogP contribution in [0.2, 0.25) is 0 Å². The minimum Gasteiger partial charge on any atom is -0.462 e. The molecule has 0 radical (unpaired) electrons. The van der Waals surface area contributed by atoms with Crippen molar-refractivity contribution < 1.29 is 28.6 Å². The number of ether oxygens (including phenoxy) is 3. The highest BCUT2D eigenvalue weighted by Gasteiger charge is 2.47. The Morgan fingerprint density at radius 1 is 1.10 bits per heavy atom. The SMILES string of the molecule is CCOC(=O)c1cc2c(s1)-c1ccccc1N(C(=O)c1ccc(NC(=O)c3cc(C)cnc3N3CC4(CCOC(COC)C4)C3)cc1)CC2. The van der Waals surface area contributed by atoms with Gasteiger partial charge in [0.2, 0.25) is 0 Å². The van der Waals surface area contributed by atoms with Crippen LogP contribution < -0.4 is 15.1 Å². The molecule has 1 spiro atoms. The van der Waals surface area contributed by atoms with Crippen LogP contribution in [0.4, 0.5) is 17.2 Å². The van der Waals surface area contributed by atoms with Crippen molar-refractivity contribution >= 4 is 46.3 Å². The minimum absolute atomic E-state index is 0.0956. The molecule has 4 aromatic rings. The first-order chi connectivity index (χ1) is 23.8. The van der Waals surface area contributed by atoms with E-state index in [4.69, 9.17) is 14.2 Å². The molecule has 0 saturated carbocycles. The predicted molar refractivity (Wildman–Crippen MR) is 190 cm³/mol. The van der Waals surface area contributed by atoms with Gasteiger partial charge < -0.3 is 29.3 Å². The zero-order valence-electron chi connectivity index (χ0n) is 28.0. The van der Waals surface area contributed by atoms with Crippen molar-refractivity contribution in [1.29, 1.82) is 0 Å². The topological polar surface area (TPSA) is 110 Å². The molecule has 2 fully saturated rings. The number of thiophene rings is 1. The Kier molecular flexibility index (Phi) is 9.23. The number of amides is 2. The van der Waals surface area contributed by atoms with Crippen LogP contribution in [-0.2, 0) is 20.6 Å². The van der Waals surface area contributed by atoms with Gasteiger partial charge in [0.15, 0.2) is 0 Å². The smallest absolute Gasteiger partial charge is 0.348 e. The fraction of sp³-hybridized carbons (Fsp3) is 0.368. The number of methoxy groups -OCH3 is 1. The van der Waals surface area contributed by atoms with E-state index in [1.54, 1.807) is 49.4 Å². The van der Waals surface area contributed by atoms with Gasteiger partial charge in [0.1, 0.15) is 10.7 Å². The van der Waals surface area contributed by atoms with Crippen LogP contribution in [0.25, 0.3) is 10.4 Å². The average molecular weight is 681 g/mol. The number of carbonyl (C=O) groups is 3. The van der Waals surface area contributed by atoms with Crippen molar-refractivity contribution in [3.63, 3.8) is 0 Å². The molecule has 7 rings (SSSR count). The number of anilines is 3. The Labute approximate surface area is 290 Å². The number of aromatic nitrogens is 1. The van der Waals surface area contributed by atoms with Crippen LogP contribution in [0.3, 0.4) is 0 Å². The van der Waals surface area contributed by atoms with E-state index in [1.165, 1.54) is 11.3 Å². The lowest BCUT2D eigenvalue weighted by molar-refractivity contribution is -0.0856.